The number of carbonyl (C=O) groups excluding carboxylic acids is 1. The molecule has 1 aliphatic rings. The van der Waals surface area contributed by atoms with Gasteiger partial charge in [-0.3, -0.25) is 9.79 Å². The molecule has 0 radical (unpaired) electrons. The van der Waals surface area contributed by atoms with Crippen LogP contribution in [0.5, 0.6) is 0 Å². The van der Waals surface area contributed by atoms with Gasteiger partial charge in [-0.05, 0) is 66.6 Å². The first-order valence-corrected chi connectivity index (χ1v) is 9.85. The van der Waals surface area contributed by atoms with E-state index in [1.165, 1.54) is 11.3 Å². The van der Waals surface area contributed by atoms with E-state index in [4.69, 9.17) is 11.6 Å². The van der Waals surface area contributed by atoms with Crippen molar-refractivity contribution < 1.29 is 4.79 Å². The van der Waals surface area contributed by atoms with Crippen LogP contribution in [0.4, 0.5) is 5.69 Å². The van der Waals surface area contributed by atoms with E-state index in [1.54, 1.807) is 0 Å². The minimum Gasteiger partial charge on any atom is -0.368 e. The Labute approximate surface area is 166 Å². The molecule has 136 valence electrons. The zero-order valence-electron chi connectivity index (χ0n) is 14.8. The number of nitrogens with zero attached hydrogens (tertiary/aromatic N) is 1. The lowest BCUT2D eigenvalue weighted by molar-refractivity contribution is 0.103. The zero-order chi connectivity index (χ0) is 18.8. The van der Waals surface area contributed by atoms with Crippen LogP contribution in [0.1, 0.15) is 20.8 Å². The summed E-state index contributed by atoms with van der Waals surface area (Å²) >= 11 is 7.60. The third-order valence-corrected chi connectivity index (χ3v) is 5.60. The Morgan fingerprint density at radius 1 is 1.11 bits per heavy atom. The third-order valence-electron chi connectivity index (χ3n) is 4.25. The number of benzene rings is 2. The highest BCUT2D eigenvalue weighted by Crippen LogP contribution is 2.31. The average Bonchev–Trinajstić information content (AvgIpc) is 3.34. The predicted molar refractivity (Wildman–Crippen MR) is 113 cm³/mol. The summed E-state index contributed by atoms with van der Waals surface area (Å²) in [5.74, 6) is 0.793. The number of aryl methyl sites for hydroxylation is 1. The molecule has 0 spiro atoms. The fourth-order valence-corrected chi connectivity index (χ4v) is 4.17. The van der Waals surface area contributed by atoms with Crippen LogP contribution in [-0.2, 0) is 0 Å². The van der Waals surface area contributed by atoms with E-state index in [2.05, 4.69) is 21.7 Å². The van der Waals surface area contributed by atoms with Gasteiger partial charge in [-0.1, -0.05) is 17.7 Å². The second-order valence-corrected chi connectivity index (χ2v) is 7.89. The lowest BCUT2D eigenvalue weighted by Gasteiger charge is -2.06. The minimum absolute atomic E-state index is 0.117. The van der Waals surface area contributed by atoms with Crippen LogP contribution < -0.4 is 10.6 Å². The molecular weight excluding hydrogens is 378 g/mol. The molecule has 2 N–H and O–H groups in total. The van der Waals surface area contributed by atoms with Crippen LogP contribution in [0.15, 0.2) is 59.6 Å². The number of anilines is 1. The number of halogens is 1. The molecule has 3 aromatic rings. The van der Waals surface area contributed by atoms with Gasteiger partial charge in [-0.2, -0.15) is 0 Å². The van der Waals surface area contributed by atoms with Gasteiger partial charge in [0.05, 0.1) is 11.4 Å². The Bertz CT molecular complexity index is 1000. The number of thiophene rings is 1. The molecule has 2 heterocycles. The summed E-state index contributed by atoms with van der Waals surface area (Å²) in [7, 11) is 0. The topological polar surface area (TPSA) is 53.5 Å². The van der Waals surface area contributed by atoms with E-state index in [0.29, 0.717) is 9.90 Å². The fraction of sp³-hybridized carbons (Fsp3) is 0.143. The summed E-state index contributed by atoms with van der Waals surface area (Å²) in [5.41, 5.74) is 3.91. The number of amidine groups is 1. The Balaban J connectivity index is 1.48. The molecule has 4 rings (SSSR count). The maximum Gasteiger partial charge on any atom is 0.265 e. The SMILES string of the molecule is Cc1cc(Cl)cc(-c2ccc(C(=O)Nc3ccc(C4=NCCN4)cc3)s2)c1. The third kappa shape index (κ3) is 4.04. The van der Waals surface area contributed by atoms with Crippen molar-refractivity contribution in [1.29, 1.82) is 0 Å². The van der Waals surface area contributed by atoms with Gasteiger partial charge >= 0.3 is 0 Å². The fourth-order valence-electron chi connectivity index (χ4n) is 2.99. The van der Waals surface area contributed by atoms with Crippen molar-refractivity contribution in [3.63, 3.8) is 0 Å². The van der Waals surface area contributed by atoms with Crippen LogP contribution in [0.2, 0.25) is 5.02 Å². The Hall–Kier alpha value is -2.63. The van der Waals surface area contributed by atoms with Gasteiger partial charge in [-0.25, -0.2) is 0 Å². The number of carbonyl (C=O) groups is 1. The van der Waals surface area contributed by atoms with Crippen molar-refractivity contribution in [2.75, 3.05) is 18.4 Å². The molecule has 1 aliphatic heterocycles. The molecule has 1 amide bonds. The first-order valence-electron chi connectivity index (χ1n) is 8.66. The molecule has 2 aromatic carbocycles. The Kier molecular flexibility index (Phi) is 4.97. The average molecular weight is 396 g/mol. The second kappa shape index (κ2) is 7.55. The van der Waals surface area contributed by atoms with Crippen LogP contribution >= 0.6 is 22.9 Å². The second-order valence-electron chi connectivity index (χ2n) is 6.37. The van der Waals surface area contributed by atoms with Crippen molar-refractivity contribution in [1.82, 2.24) is 5.32 Å². The smallest absolute Gasteiger partial charge is 0.265 e. The van der Waals surface area contributed by atoms with Crippen molar-refractivity contribution in [2.24, 2.45) is 4.99 Å². The van der Waals surface area contributed by atoms with E-state index in [-0.39, 0.29) is 5.91 Å². The van der Waals surface area contributed by atoms with Crippen molar-refractivity contribution >= 4 is 40.4 Å². The molecule has 0 atom stereocenters. The van der Waals surface area contributed by atoms with Crippen LogP contribution in [-0.4, -0.2) is 24.8 Å². The first kappa shape index (κ1) is 17.8. The van der Waals surface area contributed by atoms with Gasteiger partial charge in [0.1, 0.15) is 5.84 Å². The molecule has 0 unspecified atom stereocenters. The molecule has 27 heavy (non-hydrogen) atoms. The maximum absolute atomic E-state index is 12.6. The molecule has 0 saturated carbocycles. The summed E-state index contributed by atoms with van der Waals surface area (Å²) < 4.78 is 0. The van der Waals surface area contributed by atoms with E-state index in [0.717, 1.165) is 46.2 Å². The lowest BCUT2D eigenvalue weighted by atomic mass is 10.1. The van der Waals surface area contributed by atoms with E-state index >= 15 is 0 Å². The number of nitrogens with one attached hydrogen (secondary N) is 2. The molecule has 6 heteroatoms. The molecule has 0 aliphatic carbocycles. The van der Waals surface area contributed by atoms with E-state index in [9.17, 15) is 4.79 Å². The summed E-state index contributed by atoms with van der Waals surface area (Å²) in [5, 5.41) is 6.89. The van der Waals surface area contributed by atoms with Crippen LogP contribution in [0.3, 0.4) is 0 Å². The number of rotatable bonds is 4. The molecule has 1 aromatic heterocycles. The van der Waals surface area contributed by atoms with Gasteiger partial charge in [0, 0.05) is 27.7 Å². The number of aliphatic imine (C=N–C) groups is 1. The lowest BCUT2D eigenvalue weighted by Crippen LogP contribution is -2.19. The van der Waals surface area contributed by atoms with Crippen LogP contribution in [0.25, 0.3) is 10.4 Å². The highest BCUT2D eigenvalue weighted by molar-refractivity contribution is 7.17. The summed E-state index contributed by atoms with van der Waals surface area (Å²) in [4.78, 5) is 18.6. The summed E-state index contributed by atoms with van der Waals surface area (Å²) in [6.45, 7) is 3.69. The monoisotopic (exact) mass is 395 g/mol. The van der Waals surface area contributed by atoms with Crippen LogP contribution in [0, 0.1) is 6.92 Å². The van der Waals surface area contributed by atoms with Gasteiger partial charge in [0.15, 0.2) is 0 Å². The Morgan fingerprint density at radius 2 is 1.93 bits per heavy atom. The van der Waals surface area contributed by atoms with Gasteiger partial charge < -0.3 is 10.6 Å². The highest BCUT2D eigenvalue weighted by Gasteiger charge is 2.12. The quantitative estimate of drug-likeness (QED) is 0.654. The highest BCUT2D eigenvalue weighted by atomic mass is 35.5. The predicted octanol–water partition coefficient (Wildman–Crippen LogP) is 4.98. The molecule has 0 bridgehead atoms. The first-order chi connectivity index (χ1) is 13.1. The molecule has 0 fully saturated rings. The molecule has 4 nitrogen and oxygen atoms in total. The van der Waals surface area contributed by atoms with Crippen molar-refractivity contribution in [3.05, 3.63) is 75.6 Å². The van der Waals surface area contributed by atoms with E-state index < -0.39 is 0 Å². The van der Waals surface area contributed by atoms with Gasteiger partial charge in [0.2, 0.25) is 0 Å². The summed E-state index contributed by atoms with van der Waals surface area (Å²) in [6, 6.07) is 17.4. The molecule has 0 saturated heterocycles. The van der Waals surface area contributed by atoms with E-state index in [1.807, 2.05) is 55.5 Å². The number of amides is 1. The Morgan fingerprint density at radius 3 is 2.63 bits per heavy atom. The zero-order valence-corrected chi connectivity index (χ0v) is 16.3. The molecular formula is C21H18ClN3OS. The minimum atomic E-state index is -0.117. The maximum atomic E-state index is 12.6. The normalized spacial score (nSPS) is 13.2. The number of hydrogen-bond acceptors (Lipinski definition) is 4. The van der Waals surface area contributed by atoms with Crippen molar-refractivity contribution in [2.45, 2.75) is 6.92 Å². The summed E-state index contributed by atoms with van der Waals surface area (Å²) in [6.07, 6.45) is 0. The van der Waals surface area contributed by atoms with Crippen molar-refractivity contribution in [3.8, 4) is 10.4 Å². The standard InChI is InChI=1S/C21H18ClN3OS/c1-13-10-15(12-16(22)11-13)18-6-7-19(27-18)21(26)25-17-4-2-14(3-5-17)20-23-8-9-24-20/h2-7,10-12H,8-9H2,1H3,(H,23,24)(H,25,26). The van der Waals surface area contributed by atoms with Gasteiger partial charge in [0.25, 0.3) is 5.91 Å². The van der Waals surface area contributed by atoms with Gasteiger partial charge in [-0.15, -0.1) is 11.3 Å². The largest absolute Gasteiger partial charge is 0.368 e. The number of hydrogen-bond donors (Lipinski definition) is 2.